The van der Waals surface area contributed by atoms with Gasteiger partial charge in [0.1, 0.15) is 4.90 Å². The fraction of sp³-hybridized carbons (Fsp3) is 0.500. The van der Waals surface area contributed by atoms with Crippen molar-refractivity contribution < 1.29 is 13.2 Å². The molecule has 2 rings (SSSR count). The zero-order valence-electron chi connectivity index (χ0n) is 12.5. The molecule has 1 amide bonds. The lowest BCUT2D eigenvalue weighted by Gasteiger charge is -2.38. The highest BCUT2D eigenvalue weighted by molar-refractivity contribution is 7.89. The summed E-state index contributed by atoms with van der Waals surface area (Å²) < 4.78 is 22.6. The van der Waals surface area contributed by atoms with Crippen LogP contribution in [0.1, 0.15) is 43.5 Å². The van der Waals surface area contributed by atoms with Crippen LogP contribution >= 0.6 is 11.6 Å². The molecule has 1 heterocycles. The van der Waals surface area contributed by atoms with Crippen LogP contribution in [0.5, 0.6) is 0 Å². The molecule has 1 aromatic carbocycles. The zero-order valence-corrected chi connectivity index (χ0v) is 14.1. The molecular formula is C14H20ClN3O3S. The summed E-state index contributed by atoms with van der Waals surface area (Å²) in [7, 11) is -3.89. The number of nitrogens with one attached hydrogen (secondary N) is 1. The smallest absolute Gasteiger partial charge is 0.265 e. The first-order valence-corrected chi connectivity index (χ1v) is 9.04. The first-order chi connectivity index (χ1) is 10.2. The zero-order chi connectivity index (χ0) is 16.5. The average Bonchev–Trinajstić information content (AvgIpc) is 2.41. The van der Waals surface area contributed by atoms with Crippen molar-refractivity contribution >= 4 is 27.5 Å². The maximum absolute atomic E-state index is 12.3. The summed E-state index contributed by atoms with van der Waals surface area (Å²) in [6, 6.07) is 4.48. The van der Waals surface area contributed by atoms with E-state index in [1.807, 2.05) is 5.01 Å². The number of carbonyl (C=O) groups is 1. The summed E-state index contributed by atoms with van der Waals surface area (Å²) in [6.07, 6.45) is 3.19. The number of rotatable bonds is 3. The molecule has 1 aliphatic rings. The first kappa shape index (κ1) is 17.2. The molecule has 0 aliphatic carbocycles. The van der Waals surface area contributed by atoms with E-state index < -0.39 is 10.0 Å². The van der Waals surface area contributed by atoms with E-state index in [4.69, 9.17) is 16.7 Å². The maximum atomic E-state index is 12.3. The van der Waals surface area contributed by atoms with Gasteiger partial charge in [-0.2, -0.15) is 0 Å². The van der Waals surface area contributed by atoms with Crippen LogP contribution in [0.15, 0.2) is 23.1 Å². The highest BCUT2D eigenvalue weighted by Gasteiger charge is 2.26. The SMILES string of the molecule is C[C@@H]1CCC[C@H](C)N1NC(=O)c1ccc(S(N)(=O)=O)c(Cl)c1. The number of sulfonamides is 1. The fourth-order valence-electron chi connectivity index (χ4n) is 2.70. The molecule has 0 saturated carbocycles. The number of primary sulfonamides is 1. The summed E-state index contributed by atoms with van der Waals surface area (Å²) in [5, 5.41) is 6.93. The lowest BCUT2D eigenvalue weighted by Crippen LogP contribution is -2.54. The Hall–Kier alpha value is -1.15. The summed E-state index contributed by atoms with van der Waals surface area (Å²) in [5.74, 6) is -0.316. The van der Waals surface area contributed by atoms with Crippen LogP contribution < -0.4 is 10.6 Å². The summed E-state index contributed by atoms with van der Waals surface area (Å²) in [5.41, 5.74) is 3.17. The van der Waals surface area contributed by atoms with Gasteiger partial charge in [0.05, 0.1) is 5.02 Å². The normalized spacial score (nSPS) is 23.3. The Kier molecular flexibility index (Phi) is 5.11. The number of piperidine rings is 1. The number of benzene rings is 1. The molecule has 0 spiro atoms. The van der Waals surface area contributed by atoms with Gasteiger partial charge in [-0.05, 0) is 44.9 Å². The molecule has 0 unspecified atom stereocenters. The summed E-state index contributed by atoms with van der Waals surface area (Å²) in [4.78, 5) is 12.1. The molecule has 22 heavy (non-hydrogen) atoms. The second kappa shape index (κ2) is 6.54. The van der Waals surface area contributed by atoms with Gasteiger partial charge in [0, 0.05) is 17.6 Å². The number of amides is 1. The van der Waals surface area contributed by atoms with E-state index >= 15 is 0 Å². The molecule has 0 aromatic heterocycles. The molecule has 1 aromatic rings. The van der Waals surface area contributed by atoms with E-state index in [1.54, 1.807) is 0 Å². The number of halogens is 1. The Balaban J connectivity index is 2.18. The minimum Gasteiger partial charge on any atom is -0.284 e. The van der Waals surface area contributed by atoms with Crippen LogP contribution in [0.4, 0.5) is 0 Å². The van der Waals surface area contributed by atoms with E-state index in [2.05, 4.69) is 19.3 Å². The molecule has 0 bridgehead atoms. The van der Waals surface area contributed by atoms with Crippen molar-refractivity contribution in [3.05, 3.63) is 28.8 Å². The van der Waals surface area contributed by atoms with Crippen molar-refractivity contribution in [2.45, 2.75) is 50.1 Å². The Bertz CT molecular complexity index is 668. The molecule has 1 aliphatic heterocycles. The van der Waals surface area contributed by atoms with Crippen molar-refractivity contribution in [1.82, 2.24) is 10.4 Å². The number of hydrogen-bond acceptors (Lipinski definition) is 4. The number of carbonyl (C=O) groups excluding carboxylic acids is 1. The van der Waals surface area contributed by atoms with Gasteiger partial charge in [-0.15, -0.1) is 0 Å². The molecule has 122 valence electrons. The topological polar surface area (TPSA) is 92.5 Å². The van der Waals surface area contributed by atoms with Gasteiger partial charge in [-0.25, -0.2) is 18.6 Å². The first-order valence-electron chi connectivity index (χ1n) is 7.12. The van der Waals surface area contributed by atoms with Crippen LogP contribution in [0.25, 0.3) is 0 Å². The van der Waals surface area contributed by atoms with Gasteiger partial charge in [-0.1, -0.05) is 18.0 Å². The van der Waals surface area contributed by atoms with E-state index in [0.29, 0.717) is 5.56 Å². The molecule has 1 saturated heterocycles. The number of hydrogen-bond donors (Lipinski definition) is 2. The Labute approximate surface area is 135 Å². The Morgan fingerprint density at radius 3 is 2.41 bits per heavy atom. The minimum atomic E-state index is -3.89. The monoisotopic (exact) mass is 345 g/mol. The molecule has 8 heteroatoms. The lowest BCUT2D eigenvalue weighted by molar-refractivity contribution is 0.0369. The average molecular weight is 346 g/mol. The van der Waals surface area contributed by atoms with Gasteiger partial charge in [-0.3, -0.25) is 10.2 Å². The quantitative estimate of drug-likeness (QED) is 0.875. The third-order valence-corrected chi connectivity index (χ3v) is 5.32. The molecule has 2 atom stereocenters. The van der Waals surface area contributed by atoms with Crippen molar-refractivity contribution in [3.63, 3.8) is 0 Å². The lowest BCUT2D eigenvalue weighted by atomic mass is 10.00. The number of nitrogens with zero attached hydrogens (tertiary/aromatic N) is 1. The van der Waals surface area contributed by atoms with E-state index in [1.165, 1.54) is 18.2 Å². The second-order valence-corrected chi connectivity index (χ2v) is 7.60. The van der Waals surface area contributed by atoms with Gasteiger partial charge in [0.25, 0.3) is 5.91 Å². The van der Waals surface area contributed by atoms with Gasteiger partial charge in [0.15, 0.2) is 0 Å². The standard InChI is InChI=1S/C14H20ClN3O3S/c1-9-4-3-5-10(2)18(9)17-14(19)11-6-7-13(12(15)8-11)22(16,20)21/h6-10H,3-5H2,1-2H3,(H,17,19)(H2,16,20,21)/t9-,10+. The van der Waals surface area contributed by atoms with Crippen LogP contribution in [0, 0.1) is 0 Å². The molecular weight excluding hydrogens is 326 g/mol. The van der Waals surface area contributed by atoms with Crippen LogP contribution in [0.3, 0.4) is 0 Å². The van der Waals surface area contributed by atoms with E-state index in [9.17, 15) is 13.2 Å². The number of nitrogens with two attached hydrogens (primary N) is 1. The summed E-state index contributed by atoms with van der Waals surface area (Å²) in [6.45, 7) is 4.13. The van der Waals surface area contributed by atoms with Crippen molar-refractivity contribution in [2.24, 2.45) is 5.14 Å². The van der Waals surface area contributed by atoms with Gasteiger partial charge >= 0.3 is 0 Å². The second-order valence-electron chi connectivity index (χ2n) is 5.67. The van der Waals surface area contributed by atoms with Gasteiger partial charge < -0.3 is 0 Å². The van der Waals surface area contributed by atoms with E-state index in [-0.39, 0.29) is 27.9 Å². The van der Waals surface area contributed by atoms with Crippen molar-refractivity contribution in [2.75, 3.05) is 0 Å². The van der Waals surface area contributed by atoms with E-state index in [0.717, 1.165) is 19.3 Å². The minimum absolute atomic E-state index is 0.0603. The van der Waals surface area contributed by atoms with Crippen molar-refractivity contribution in [1.29, 1.82) is 0 Å². The highest BCUT2D eigenvalue weighted by atomic mass is 35.5. The summed E-state index contributed by atoms with van der Waals surface area (Å²) >= 11 is 5.91. The highest BCUT2D eigenvalue weighted by Crippen LogP contribution is 2.23. The molecule has 6 nitrogen and oxygen atoms in total. The number of hydrazine groups is 1. The van der Waals surface area contributed by atoms with Crippen LogP contribution in [-0.4, -0.2) is 31.4 Å². The Morgan fingerprint density at radius 1 is 1.32 bits per heavy atom. The molecule has 3 N–H and O–H groups in total. The third kappa shape index (κ3) is 3.78. The maximum Gasteiger partial charge on any atom is 0.265 e. The third-order valence-electron chi connectivity index (χ3n) is 3.92. The van der Waals surface area contributed by atoms with Crippen LogP contribution in [-0.2, 0) is 10.0 Å². The van der Waals surface area contributed by atoms with Crippen molar-refractivity contribution in [3.8, 4) is 0 Å². The predicted octanol–water partition coefficient (Wildman–Crippen LogP) is 1.90. The van der Waals surface area contributed by atoms with Gasteiger partial charge in [0.2, 0.25) is 10.0 Å². The molecule has 1 fully saturated rings. The fourth-order valence-corrected chi connectivity index (χ4v) is 3.79. The van der Waals surface area contributed by atoms with Crippen LogP contribution in [0.2, 0.25) is 5.02 Å². The Morgan fingerprint density at radius 2 is 1.91 bits per heavy atom. The largest absolute Gasteiger partial charge is 0.284 e. The predicted molar refractivity (Wildman–Crippen MR) is 84.9 cm³/mol. The molecule has 0 radical (unpaired) electrons.